The molecular formula is C15H24ClNO2S. The first kappa shape index (κ1) is 17.5. The molecule has 1 aromatic carbocycles. The zero-order valence-electron chi connectivity index (χ0n) is 12.4. The third kappa shape index (κ3) is 5.81. The quantitative estimate of drug-likeness (QED) is 0.744. The molecule has 1 N–H and O–H groups in total. The van der Waals surface area contributed by atoms with Crippen LogP contribution in [0.3, 0.4) is 0 Å². The number of nitrogens with one attached hydrogen (secondary N) is 1. The molecule has 0 amide bonds. The highest BCUT2D eigenvalue weighted by Gasteiger charge is 2.15. The van der Waals surface area contributed by atoms with E-state index in [2.05, 4.69) is 19.2 Å². The summed E-state index contributed by atoms with van der Waals surface area (Å²) in [5.74, 6) is 0.732. The summed E-state index contributed by atoms with van der Waals surface area (Å²) in [7, 11) is -3.24. The molecule has 0 radical (unpaired) electrons. The summed E-state index contributed by atoms with van der Waals surface area (Å²) in [4.78, 5) is 0.319. The molecule has 0 fully saturated rings. The van der Waals surface area contributed by atoms with Gasteiger partial charge in [-0.05, 0) is 31.0 Å². The second kappa shape index (κ2) is 8.01. The van der Waals surface area contributed by atoms with Crippen LogP contribution in [0, 0.1) is 5.92 Å². The van der Waals surface area contributed by atoms with Gasteiger partial charge in [0.15, 0.2) is 9.84 Å². The second-order valence-electron chi connectivity index (χ2n) is 5.56. The molecule has 0 aliphatic carbocycles. The maximum Gasteiger partial charge on any atom is 0.175 e. The Hall–Kier alpha value is -0.580. The number of hydrogen-bond acceptors (Lipinski definition) is 3. The average molecular weight is 318 g/mol. The fourth-order valence-corrected chi connectivity index (χ4v) is 3.33. The van der Waals surface area contributed by atoms with Crippen LogP contribution in [-0.2, 0) is 16.4 Å². The van der Waals surface area contributed by atoms with Crippen LogP contribution in [0.4, 0.5) is 0 Å². The van der Waals surface area contributed by atoms with Crippen molar-refractivity contribution in [2.24, 2.45) is 5.92 Å². The van der Waals surface area contributed by atoms with E-state index in [1.54, 1.807) is 18.2 Å². The lowest BCUT2D eigenvalue weighted by Crippen LogP contribution is -2.17. The monoisotopic (exact) mass is 317 g/mol. The molecule has 3 nitrogen and oxygen atoms in total. The van der Waals surface area contributed by atoms with E-state index < -0.39 is 9.84 Å². The molecule has 0 bridgehead atoms. The second-order valence-corrected chi connectivity index (χ2v) is 7.95. The van der Waals surface area contributed by atoms with E-state index in [-0.39, 0.29) is 0 Å². The van der Waals surface area contributed by atoms with Crippen molar-refractivity contribution < 1.29 is 8.42 Å². The molecular weight excluding hydrogens is 294 g/mol. The van der Waals surface area contributed by atoms with Gasteiger partial charge in [-0.15, -0.1) is 0 Å². The van der Waals surface area contributed by atoms with E-state index in [1.807, 2.05) is 0 Å². The van der Waals surface area contributed by atoms with Crippen LogP contribution in [0.2, 0.25) is 5.02 Å². The van der Waals surface area contributed by atoms with E-state index in [9.17, 15) is 8.42 Å². The Morgan fingerprint density at radius 1 is 1.25 bits per heavy atom. The number of halogens is 1. The smallest absolute Gasteiger partial charge is 0.175 e. The van der Waals surface area contributed by atoms with Gasteiger partial charge in [-0.1, -0.05) is 44.4 Å². The number of rotatable bonds is 8. The standard InChI is InChI=1S/C15H24ClNO2S/c1-12(2)7-4-5-10-17-11-13-14(16)8-6-9-15(13)20(3,18)19/h6,8-9,12,17H,4-5,7,10-11H2,1-3H3. The minimum Gasteiger partial charge on any atom is -0.313 e. The third-order valence-corrected chi connectivity index (χ3v) is 4.70. The molecule has 0 aromatic heterocycles. The van der Waals surface area contributed by atoms with Crippen molar-refractivity contribution in [3.8, 4) is 0 Å². The predicted molar refractivity (Wildman–Crippen MR) is 85.0 cm³/mol. The number of hydrogen-bond donors (Lipinski definition) is 1. The Bertz CT molecular complexity index is 527. The number of sulfone groups is 1. The highest BCUT2D eigenvalue weighted by atomic mass is 35.5. The Labute approximate surface area is 127 Å². The molecule has 0 saturated carbocycles. The maximum absolute atomic E-state index is 11.7. The topological polar surface area (TPSA) is 46.2 Å². The zero-order chi connectivity index (χ0) is 15.2. The van der Waals surface area contributed by atoms with E-state index in [0.29, 0.717) is 22.0 Å². The van der Waals surface area contributed by atoms with Crippen LogP contribution >= 0.6 is 11.6 Å². The molecule has 0 aliphatic rings. The van der Waals surface area contributed by atoms with Crippen molar-refractivity contribution in [1.82, 2.24) is 5.32 Å². The lowest BCUT2D eigenvalue weighted by Gasteiger charge is -2.11. The van der Waals surface area contributed by atoms with Gasteiger partial charge in [0, 0.05) is 23.4 Å². The van der Waals surface area contributed by atoms with Gasteiger partial charge in [0.05, 0.1) is 4.90 Å². The molecule has 5 heteroatoms. The fourth-order valence-electron chi connectivity index (χ4n) is 2.07. The molecule has 0 spiro atoms. The Kier molecular flexibility index (Phi) is 7.00. The van der Waals surface area contributed by atoms with Gasteiger partial charge in [-0.3, -0.25) is 0 Å². The summed E-state index contributed by atoms with van der Waals surface area (Å²) in [6.45, 7) is 5.80. The maximum atomic E-state index is 11.7. The van der Waals surface area contributed by atoms with Crippen molar-refractivity contribution in [3.63, 3.8) is 0 Å². The summed E-state index contributed by atoms with van der Waals surface area (Å²) >= 11 is 6.11. The Morgan fingerprint density at radius 3 is 2.55 bits per heavy atom. The lowest BCUT2D eigenvalue weighted by atomic mass is 10.1. The van der Waals surface area contributed by atoms with Crippen molar-refractivity contribution in [2.45, 2.75) is 44.6 Å². The van der Waals surface area contributed by atoms with E-state index in [0.717, 1.165) is 18.9 Å². The summed E-state index contributed by atoms with van der Waals surface area (Å²) in [5.41, 5.74) is 0.667. The molecule has 0 aliphatic heterocycles. The third-order valence-electron chi connectivity index (χ3n) is 3.16. The summed E-state index contributed by atoms with van der Waals surface area (Å²) < 4.78 is 23.5. The number of unbranched alkanes of at least 4 members (excludes halogenated alkanes) is 1. The van der Waals surface area contributed by atoms with Gasteiger partial charge in [0.2, 0.25) is 0 Å². The van der Waals surface area contributed by atoms with Gasteiger partial charge >= 0.3 is 0 Å². The molecule has 0 saturated heterocycles. The van der Waals surface area contributed by atoms with Gasteiger partial charge in [0.1, 0.15) is 0 Å². The molecule has 114 valence electrons. The minimum atomic E-state index is -3.24. The van der Waals surface area contributed by atoms with Gasteiger partial charge in [0.25, 0.3) is 0 Å². The predicted octanol–water partition coefficient (Wildman–Crippen LogP) is 3.66. The summed E-state index contributed by atoms with van der Waals surface area (Å²) in [5, 5.41) is 3.78. The first-order valence-electron chi connectivity index (χ1n) is 7.00. The van der Waals surface area contributed by atoms with Crippen molar-refractivity contribution in [2.75, 3.05) is 12.8 Å². The minimum absolute atomic E-state index is 0.319. The van der Waals surface area contributed by atoms with Crippen LogP contribution in [0.5, 0.6) is 0 Å². The van der Waals surface area contributed by atoms with E-state index in [1.165, 1.54) is 19.1 Å². The molecule has 1 aromatic rings. The fraction of sp³-hybridized carbons (Fsp3) is 0.600. The van der Waals surface area contributed by atoms with Crippen LogP contribution in [-0.4, -0.2) is 21.2 Å². The van der Waals surface area contributed by atoms with Crippen molar-refractivity contribution >= 4 is 21.4 Å². The van der Waals surface area contributed by atoms with Gasteiger partial charge in [-0.25, -0.2) is 8.42 Å². The largest absolute Gasteiger partial charge is 0.313 e. The average Bonchev–Trinajstić information content (AvgIpc) is 2.33. The first-order valence-corrected chi connectivity index (χ1v) is 9.27. The number of benzene rings is 1. The highest BCUT2D eigenvalue weighted by Crippen LogP contribution is 2.23. The summed E-state index contributed by atoms with van der Waals surface area (Å²) in [6, 6.07) is 5.01. The molecule has 0 atom stereocenters. The van der Waals surface area contributed by atoms with Crippen LogP contribution < -0.4 is 5.32 Å². The van der Waals surface area contributed by atoms with Gasteiger partial charge in [-0.2, -0.15) is 0 Å². The molecule has 1 rings (SSSR count). The van der Waals surface area contributed by atoms with Crippen molar-refractivity contribution in [3.05, 3.63) is 28.8 Å². The molecule has 0 heterocycles. The van der Waals surface area contributed by atoms with Crippen LogP contribution in [0.15, 0.2) is 23.1 Å². The summed E-state index contributed by atoms with van der Waals surface area (Å²) in [6.07, 6.45) is 4.72. The van der Waals surface area contributed by atoms with E-state index in [4.69, 9.17) is 11.6 Å². The Morgan fingerprint density at radius 2 is 1.95 bits per heavy atom. The van der Waals surface area contributed by atoms with E-state index >= 15 is 0 Å². The first-order chi connectivity index (χ1) is 9.32. The molecule has 20 heavy (non-hydrogen) atoms. The van der Waals surface area contributed by atoms with Crippen LogP contribution in [0.1, 0.15) is 38.7 Å². The SMILES string of the molecule is CC(C)CCCCNCc1c(Cl)cccc1S(C)(=O)=O. The zero-order valence-corrected chi connectivity index (χ0v) is 14.0. The van der Waals surface area contributed by atoms with Gasteiger partial charge < -0.3 is 5.32 Å². The van der Waals surface area contributed by atoms with Crippen molar-refractivity contribution in [1.29, 1.82) is 0 Å². The van der Waals surface area contributed by atoms with Crippen LogP contribution in [0.25, 0.3) is 0 Å². The Balaban J connectivity index is 2.56. The normalized spacial score (nSPS) is 12.1. The lowest BCUT2D eigenvalue weighted by molar-refractivity contribution is 0.519. The highest BCUT2D eigenvalue weighted by molar-refractivity contribution is 7.90. The molecule has 0 unspecified atom stereocenters.